The van der Waals surface area contributed by atoms with E-state index in [1.807, 2.05) is 23.1 Å². The van der Waals surface area contributed by atoms with Gasteiger partial charge in [-0.3, -0.25) is 14.7 Å². The number of amides is 2. The molecular formula is C17H20N4O2. The summed E-state index contributed by atoms with van der Waals surface area (Å²) in [5.74, 6) is 0.304. The van der Waals surface area contributed by atoms with Crippen molar-refractivity contribution in [1.82, 2.24) is 15.1 Å². The molecule has 0 bridgehead atoms. The molecule has 1 aliphatic heterocycles. The fraction of sp³-hybridized carbons (Fsp3) is 0.471. The highest BCUT2D eigenvalue weighted by molar-refractivity contribution is 6.01. The number of benzene rings is 1. The number of hydrogen-bond acceptors (Lipinski definition) is 3. The number of para-hydroxylation sites is 1. The summed E-state index contributed by atoms with van der Waals surface area (Å²) in [4.78, 5) is 26.7. The number of nitrogens with one attached hydrogen (secondary N) is 2. The number of hydrogen-bond donors (Lipinski definition) is 2. The third-order valence-corrected chi connectivity index (χ3v) is 4.76. The van der Waals surface area contributed by atoms with Crippen LogP contribution in [0, 0.1) is 11.8 Å². The molecule has 0 radical (unpaired) electrons. The van der Waals surface area contributed by atoms with E-state index in [0.29, 0.717) is 6.54 Å². The Balaban J connectivity index is 1.46. The van der Waals surface area contributed by atoms with Gasteiger partial charge in [-0.25, -0.2) is 0 Å². The second-order valence-electron chi connectivity index (χ2n) is 6.53. The van der Waals surface area contributed by atoms with Crippen LogP contribution in [-0.4, -0.2) is 40.0 Å². The number of rotatable bonds is 3. The van der Waals surface area contributed by atoms with Crippen molar-refractivity contribution in [3.63, 3.8) is 0 Å². The molecule has 1 saturated carbocycles. The van der Waals surface area contributed by atoms with E-state index in [1.54, 1.807) is 6.20 Å². The normalized spacial score (nSPS) is 21.4. The van der Waals surface area contributed by atoms with Crippen LogP contribution in [0.4, 0.5) is 5.69 Å². The summed E-state index contributed by atoms with van der Waals surface area (Å²) in [6.07, 6.45) is 5.48. The molecule has 1 aliphatic carbocycles. The van der Waals surface area contributed by atoms with Crippen molar-refractivity contribution >= 4 is 28.4 Å². The molecule has 2 amide bonds. The minimum absolute atomic E-state index is 0.0135. The zero-order valence-electron chi connectivity index (χ0n) is 12.9. The van der Waals surface area contributed by atoms with E-state index in [4.69, 9.17) is 0 Å². The minimum Gasteiger partial charge on any atom is -0.342 e. The summed E-state index contributed by atoms with van der Waals surface area (Å²) in [7, 11) is 0. The second-order valence-corrected chi connectivity index (χ2v) is 6.53. The van der Waals surface area contributed by atoms with Crippen molar-refractivity contribution in [2.45, 2.75) is 25.7 Å². The smallest absolute Gasteiger partial charge is 0.229 e. The van der Waals surface area contributed by atoms with Gasteiger partial charge in [-0.2, -0.15) is 5.10 Å². The van der Waals surface area contributed by atoms with Crippen molar-refractivity contribution in [3.05, 3.63) is 24.4 Å². The van der Waals surface area contributed by atoms with Gasteiger partial charge in [0.15, 0.2) is 0 Å². The van der Waals surface area contributed by atoms with E-state index < -0.39 is 0 Å². The van der Waals surface area contributed by atoms with E-state index in [2.05, 4.69) is 15.5 Å². The quantitative estimate of drug-likeness (QED) is 0.911. The molecule has 120 valence electrons. The number of piperidine rings is 1. The van der Waals surface area contributed by atoms with Gasteiger partial charge >= 0.3 is 0 Å². The first-order valence-electron chi connectivity index (χ1n) is 8.24. The largest absolute Gasteiger partial charge is 0.342 e. The lowest BCUT2D eigenvalue weighted by atomic mass is 9.96. The molecule has 1 aromatic carbocycles. The van der Waals surface area contributed by atoms with Crippen LogP contribution in [0.25, 0.3) is 10.9 Å². The van der Waals surface area contributed by atoms with Crippen molar-refractivity contribution in [1.29, 1.82) is 0 Å². The fourth-order valence-corrected chi connectivity index (χ4v) is 3.29. The summed E-state index contributed by atoms with van der Waals surface area (Å²) in [6.45, 7) is 1.33. The molecule has 2 N–H and O–H groups in total. The molecule has 2 aliphatic rings. The molecule has 0 spiro atoms. The zero-order valence-corrected chi connectivity index (χ0v) is 12.9. The first-order chi connectivity index (χ1) is 11.2. The molecule has 2 fully saturated rings. The molecule has 6 nitrogen and oxygen atoms in total. The van der Waals surface area contributed by atoms with Crippen LogP contribution in [0.15, 0.2) is 24.4 Å². The van der Waals surface area contributed by atoms with Gasteiger partial charge in [-0.05, 0) is 31.7 Å². The molecule has 1 aromatic heterocycles. The Bertz CT molecular complexity index is 750. The molecule has 23 heavy (non-hydrogen) atoms. The summed E-state index contributed by atoms with van der Waals surface area (Å²) in [5.41, 5.74) is 1.58. The van der Waals surface area contributed by atoms with Crippen LogP contribution in [0.1, 0.15) is 25.7 Å². The van der Waals surface area contributed by atoms with E-state index in [-0.39, 0.29) is 23.7 Å². The number of fused-ring (bicyclic) bond motifs is 1. The van der Waals surface area contributed by atoms with Crippen molar-refractivity contribution < 1.29 is 9.59 Å². The summed E-state index contributed by atoms with van der Waals surface area (Å²) < 4.78 is 0. The maximum atomic E-state index is 12.6. The number of anilines is 1. The van der Waals surface area contributed by atoms with E-state index >= 15 is 0 Å². The highest BCUT2D eigenvalue weighted by Crippen LogP contribution is 2.32. The van der Waals surface area contributed by atoms with Gasteiger partial charge in [0.05, 0.1) is 23.3 Å². The third kappa shape index (κ3) is 2.81. The molecular weight excluding hydrogens is 292 g/mol. The lowest BCUT2D eigenvalue weighted by Crippen LogP contribution is -2.44. The fourth-order valence-electron chi connectivity index (χ4n) is 3.29. The van der Waals surface area contributed by atoms with Gasteiger partial charge in [0.2, 0.25) is 11.8 Å². The van der Waals surface area contributed by atoms with Gasteiger partial charge in [0, 0.05) is 24.4 Å². The molecule has 6 heteroatoms. The van der Waals surface area contributed by atoms with Crippen molar-refractivity contribution in [2.75, 3.05) is 18.4 Å². The highest BCUT2D eigenvalue weighted by Gasteiger charge is 2.36. The van der Waals surface area contributed by atoms with Crippen molar-refractivity contribution in [3.8, 4) is 0 Å². The van der Waals surface area contributed by atoms with Crippen LogP contribution in [0.2, 0.25) is 0 Å². The van der Waals surface area contributed by atoms with E-state index in [0.717, 1.165) is 48.8 Å². The Morgan fingerprint density at radius 3 is 2.91 bits per heavy atom. The lowest BCUT2D eigenvalue weighted by Gasteiger charge is -2.32. The molecule has 4 rings (SSSR count). The van der Waals surface area contributed by atoms with Gasteiger partial charge < -0.3 is 10.2 Å². The maximum absolute atomic E-state index is 12.6. The average Bonchev–Trinajstić information content (AvgIpc) is 3.31. The number of likely N-dealkylation sites (tertiary alicyclic amines) is 1. The summed E-state index contributed by atoms with van der Waals surface area (Å²) in [6, 6.07) is 5.72. The number of H-pyrrole nitrogens is 1. The molecule has 2 aromatic rings. The third-order valence-electron chi connectivity index (χ3n) is 4.76. The molecule has 1 atom stereocenters. The Kier molecular flexibility index (Phi) is 3.52. The van der Waals surface area contributed by atoms with Gasteiger partial charge in [-0.15, -0.1) is 0 Å². The number of aromatic nitrogens is 2. The first-order valence-corrected chi connectivity index (χ1v) is 8.24. The lowest BCUT2D eigenvalue weighted by molar-refractivity contribution is -0.135. The van der Waals surface area contributed by atoms with Crippen LogP contribution in [0.3, 0.4) is 0 Å². The standard InChI is InChI=1S/C17H20N4O2/c22-16(19-14-5-1-3-12-9-18-20-15(12)14)13-4-2-8-21(10-13)17(23)11-6-7-11/h1,3,5,9,11,13H,2,4,6-8,10H2,(H,18,20)(H,19,22)/t13-/m1/s1. The number of aromatic amines is 1. The summed E-state index contributed by atoms with van der Waals surface area (Å²) in [5, 5.41) is 10.9. The minimum atomic E-state index is -0.135. The Hall–Kier alpha value is -2.37. The SMILES string of the molecule is O=C(Nc1cccc2cn[nH]c12)[C@@H]1CCCN(C(=O)C2CC2)C1. The van der Waals surface area contributed by atoms with E-state index in [9.17, 15) is 9.59 Å². The second kappa shape index (κ2) is 5.68. The Labute approximate surface area is 134 Å². The van der Waals surface area contributed by atoms with Gasteiger partial charge in [-0.1, -0.05) is 12.1 Å². The number of carbonyl (C=O) groups is 2. The van der Waals surface area contributed by atoms with Gasteiger partial charge in [0.25, 0.3) is 0 Å². The summed E-state index contributed by atoms with van der Waals surface area (Å²) >= 11 is 0. The Morgan fingerprint density at radius 1 is 1.22 bits per heavy atom. The highest BCUT2D eigenvalue weighted by atomic mass is 16.2. The van der Waals surface area contributed by atoms with Crippen LogP contribution < -0.4 is 5.32 Å². The zero-order chi connectivity index (χ0) is 15.8. The topological polar surface area (TPSA) is 78.1 Å². The number of carbonyl (C=O) groups excluding carboxylic acids is 2. The molecule has 1 saturated heterocycles. The van der Waals surface area contributed by atoms with Crippen LogP contribution >= 0.6 is 0 Å². The van der Waals surface area contributed by atoms with Gasteiger partial charge in [0.1, 0.15) is 0 Å². The average molecular weight is 312 g/mol. The van der Waals surface area contributed by atoms with Crippen LogP contribution in [-0.2, 0) is 9.59 Å². The monoisotopic (exact) mass is 312 g/mol. The predicted molar refractivity (Wildman–Crippen MR) is 86.8 cm³/mol. The van der Waals surface area contributed by atoms with Crippen LogP contribution in [0.5, 0.6) is 0 Å². The molecule has 2 heterocycles. The first kappa shape index (κ1) is 14.2. The predicted octanol–water partition coefficient (Wildman–Crippen LogP) is 2.15. The van der Waals surface area contributed by atoms with Crippen molar-refractivity contribution in [2.24, 2.45) is 11.8 Å². The Morgan fingerprint density at radius 2 is 2.09 bits per heavy atom. The molecule has 0 unspecified atom stereocenters. The van der Waals surface area contributed by atoms with E-state index in [1.165, 1.54) is 0 Å². The maximum Gasteiger partial charge on any atom is 0.229 e. The number of nitrogens with zero attached hydrogens (tertiary/aromatic N) is 2.